The first-order chi connectivity index (χ1) is 7.29. The summed E-state index contributed by atoms with van der Waals surface area (Å²) in [6.07, 6.45) is 5.02. The maximum absolute atomic E-state index is 9.35. The third-order valence-electron chi connectivity index (χ3n) is 3.00. The number of hydrogen-bond acceptors (Lipinski definition) is 5. The molecule has 15 heavy (non-hydrogen) atoms. The maximum Gasteiger partial charge on any atom is 0.205 e. The van der Waals surface area contributed by atoms with Gasteiger partial charge in [0, 0.05) is 0 Å². The fourth-order valence-electron chi connectivity index (χ4n) is 2.19. The number of nitrogens with one attached hydrogen (secondary N) is 1. The second kappa shape index (κ2) is 4.90. The zero-order chi connectivity index (χ0) is 10.7. The van der Waals surface area contributed by atoms with Gasteiger partial charge in [-0.2, -0.15) is 0 Å². The summed E-state index contributed by atoms with van der Waals surface area (Å²) in [6.45, 7) is 2.12. The molecule has 0 aliphatic heterocycles. The van der Waals surface area contributed by atoms with Crippen LogP contribution in [-0.2, 0) is 0 Å². The largest absolute Gasteiger partial charge is 0.394 e. The third-order valence-corrected chi connectivity index (χ3v) is 3.77. The Hall–Kier alpha value is -0.680. The first-order valence-corrected chi connectivity index (χ1v) is 6.28. The van der Waals surface area contributed by atoms with Crippen LogP contribution in [0.5, 0.6) is 0 Å². The maximum atomic E-state index is 9.35. The van der Waals surface area contributed by atoms with Crippen molar-refractivity contribution >= 4 is 16.5 Å². The molecule has 1 saturated carbocycles. The summed E-state index contributed by atoms with van der Waals surface area (Å²) in [5, 5.41) is 22.4. The Kier molecular flexibility index (Phi) is 3.53. The average molecular weight is 227 g/mol. The highest BCUT2D eigenvalue weighted by Gasteiger charge is 2.24. The normalized spacial score (nSPS) is 19.3. The topological polar surface area (TPSA) is 58.0 Å². The van der Waals surface area contributed by atoms with Gasteiger partial charge in [-0.3, -0.25) is 0 Å². The molecule has 5 heteroatoms. The molecular weight excluding hydrogens is 210 g/mol. The lowest BCUT2D eigenvalue weighted by Crippen LogP contribution is -2.31. The number of aryl methyl sites for hydroxylation is 1. The van der Waals surface area contributed by atoms with Crippen molar-refractivity contribution in [2.75, 3.05) is 11.9 Å². The molecule has 4 nitrogen and oxygen atoms in total. The number of rotatable bonds is 4. The molecule has 1 unspecified atom stereocenters. The van der Waals surface area contributed by atoms with E-state index in [1.165, 1.54) is 25.7 Å². The highest BCUT2D eigenvalue weighted by atomic mass is 32.1. The molecule has 0 spiro atoms. The highest BCUT2D eigenvalue weighted by Crippen LogP contribution is 2.29. The minimum absolute atomic E-state index is 0.153. The Labute approximate surface area is 93.7 Å². The zero-order valence-electron chi connectivity index (χ0n) is 8.94. The third kappa shape index (κ3) is 2.66. The summed E-state index contributed by atoms with van der Waals surface area (Å²) in [6, 6.07) is 0.153. The summed E-state index contributed by atoms with van der Waals surface area (Å²) in [5.41, 5.74) is 0. The van der Waals surface area contributed by atoms with Crippen molar-refractivity contribution in [2.24, 2.45) is 5.92 Å². The van der Waals surface area contributed by atoms with Crippen LogP contribution in [0.2, 0.25) is 0 Å². The fraction of sp³-hybridized carbons (Fsp3) is 0.800. The van der Waals surface area contributed by atoms with Crippen LogP contribution in [0.3, 0.4) is 0 Å². The van der Waals surface area contributed by atoms with E-state index >= 15 is 0 Å². The van der Waals surface area contributed by atoms with Crippen LogP contribution in [-0.4, -0.2) is 28.0 Å². The minimum atomic E-state index is 0.153. The van der Waals surface area contributed by atoms with Gasteiger partial charge in [-0.25, -0.2) is 0 Å². The lowest BCUT2D eigenvalue weighted by atomic mass is 9.99. The number of aliphatic hydroxyl groups excluding tert-OH is 1. The molecular formula is C10H17N3OS. The van der Waals surface area contributed by atoms with E-state index in [1.807, 2.05) is 6.92 Å². The lowest BCUT2D eigenvalue weighted by Gasteiger charge is -2.21. The van der Waals surface area contributed by atoms with Crippen molar-refractivity contribution in [2.45, 2.75) is 38.6 Å². The van der Waals surface area contributed by atoms with Crippen molar-refractivity contribution in [3.63, 3.8) is 0 Å². The van der Waals surface area contributed by atoms with Gasteiger partial charge >= 0.3 is 0 Å². The summed E-state index contributed by atoms with van der Waals surface area (Å²) in [7, 11) is 0. The summed E-state index contributed by atoms with van der Waals surface area (Å²) < 4.78 is 0. The Bertz CT molecular complexity index is 309. The van der Waals surface area contributed by atoms with Crippen LogP contribution >= 0.6 is 11.3 Å². The molecule has 2 rings (SSSR count). The van der Waals surface area contributed by atoms with Crippen LogP contribution in [0.15, 0.2) is 0 Å². The van der Waals surface area contributed by atoms with Gasteiger partial charge in [0.15, 0.2) is 0 Å². The zero-order valence-corrected chi connectivity index (χ0v) is 9.76. The van der Waals surface area contributed by atoms with Crippen LogP contribution < -0.4 is 5.32 Å². The number of anilines is 1. The van der Waals surface area contributed by atoms with Gasteiger partial charge in [-0.15, -0.1) is 10.2 Å². The van der Waals surface area contributed by atoms with Crippen molar-refractivity contribution in [3.05, 3.63) is 5.01 Å². The van der Waals surface area contributed by atoms with E-state index < -0.39 is 0 Å². The second-order valence-corrected chi connectivity index (χ2v) is 5.29. The molecule has 1 fully saturated rings. The van der Waals surface area contributed by atoms with E-state index in [0.717, 1.165) is 10.1 Å². The van der Waals surface area contributed by atoms with E-state index in [4.69, 9.17) is 0 Å². The van der Waals surface area contributed by atoms with Gasteiger partial charge < -0.3 is 10.4 Å². The molecule has 1 aromatic heterocycles. The number of aromatic nitrogens is 2. The molecule has 0 bridgehead atoms. The van der Waals surface area contributed by atoms with E-state index in [-0.39, 0.29) is 12.6 Å². The number of aliphatic hydroxyl groups is 1. The first kappa shape index (κ1) is 10.8. The van der Waals surface area contributed by atoms with Crippen molar-refractivity contribution in [3.8, 4) is 0 Å². The standard InChI is InChI=1S/C10H17N3OS/c1-7-12-13-10(15-7)11-9(6-14)8-4-2-3-5-8/h8-9,14H,2-6H2,1H3,(H,11,13). The fourth-order valence-corrected chi connectivity index (χ4v) is 2.84. The first-order valence-electron chi connectivity index (χ1n) is 5.47. The molecule has 84 valence electrons. The van der Waals surface area contributed by atoms with Crippen LogP contribution in [0, 0.1) is 12.8 Å². The van der Waals surface area contributed by atoms with E-state index in [1.54, 1.807) is 11.3 Å². The van der Waals surface area contributed by atoms with Crippen molar-refractivity contribution < 1.29 is 5.11 Å². The Morgan fingerprint density at radius 1 is 1.47 bits per heavy atom. The lowest BCUT2D eigenvalue weighted by molar-refractivity contribution is 0.238. The minimum Gasteiger partial charge on any atom is -0.394 e. The summed E-state index contributed by atoms with van der Waals surface area (Å²) in [5.74, 6) is 0.596. The van der Waals surface area contributed by atoms with Crippen LogP contribution in [0.25, 0.3) is 0 Å². The van der Waals surface area contributed by atoms with Crippen molar-refractivity contribution in [1.29, 1.82) is 0 Å². The van der Waals surface area contributed by atoms with Crippen molar-refractivity contribution in [1.82, 2.24) is 10.2 Å². The van der Waals surface area contributed by atoms with E-state index in [2.05, 4.69) is 15.5 Å². The van der Waals surface area contributed by atoms with Gasteiger partial charge in [-0.1, -0.05) is 24.2 Å². The predicted molar refractivity (Wildman–Crippen MR) is 61.1 cm³/mol. The quantitative estimate of drug-likeness (QED) is 0.823. The molecule has 1 aromatic rings. The van der Waals surface area contributed by atoms with Gasteiger partial charge in [0.2, 0.25) is 5.13 Å². The van der Waals surface area contributed by atoms with E-state index in [9.17, 15) is 5.11 Å². The van der Waals surface area contributed by atoms with E-state index in [0.29, 0.717) is 5.92 Å². The molecule has 1 aliphatic rings. The molecule has 1 heterocycles. The SMILES string of the molecule is Cc1nnc(NC(CO)C2CCCC2)s1. The van der Waals surface area contributed by atoms with Gasteiger partial charge in [0.1, 0.15) is 5.01 Å². The van der Waals surface area contributed by atoms with Crippen LogP contribution in [0.1, 0.15) is 30.7 Å². The van der Waals surface area contributed by atoms with Gasteiger partial charge in [-0.05, 0) is 25.7 Å². The summed E-state index contributed by atoms with van der Waals surface area (Å²) in [4.78, 5) is 0. The van der Waals surface area contributed by atoms with Gasteiger partial charge in [0.05, 0.1) is 12.6 Å². The molecule has 1 aliphatic carbocycles. The molecule has 0 radical (unpaired) electrons. The van der Waals surface area contributed by atoms with Gasteiger partial charge in [0.25, 0.3) is 0 Å². The average Bonchev–Trinajstić information content (AvgIpc) is 2.85. The Morgan fingerprint density at radius 2 is 2.20 bits per heavy atom. The Balaban J connectivity index is 1.95. The molecule has 0 amide bonds. The van der Waals surface area contributed by atoms with Crippen LogP contribution in [0.4, 0.5) is 5.13 Å². The monoisotopic (exact) mass is 227 g/mol. The smallest absolute Gasteiger partial charge is 0.205 e. The second-order valence-electron chi connectivity index (χ2n) is 4.10. The summed E-state index contributed by atoms with van der Waals surface area (Å²) >= 11 is 1.55. The molecule has 1 atom stereocenters. The number of nitrogens with zero attached hydrogens (tertiary/aromatic N) is 2. The predicted octanol–water partition coefficient (Wildman–Crippen LogP) is 1.81. The molecule has 0 saturated heterocycles. The number of hydrogen-bond donors (Lipinski definition) is 2. The molecule has 2 N–H and O–H groups in total. The Morgan fingerprint density at radius 3 is 2.73 bits per heavy atom. The molecule has 0 aromatic carbocycles. The highest BCUT2D eigenvalue weighted by molar-refractivity contribution is 7.15.